The lowest BCUT2D eigenvalue weighted by Crippen LogP contribution is -2.11. The predicted octanol–water partition coefficient (Wildman–Crippen LogP) is 3.41. The normalized spacial score (nSPS) is 15.4. The van der Waals surface area contributed by atoms with E-state index in [1.54, 1.807) is 7.11 Å². The molecule has 2 nitrogen and oxygen atoms in total. The molecule has 18 heavy (non-hydrogen) atoms. The molecule has 102 valence electrons. The van der Waals surface area contributed by atoms with Crippen LogP contribution in [0.25, 0.3) is 0 Å². The van der Waals surface area contributed by atoms with Crippen LogP contribution in [0.1, 0.15) is 30.6 Å². The highest BCUT2D eigenvalue weighted by atomic mass is 19.4. The molecule has 0 bridgehead atoms. The molecule has 2 unspecified atom stereocenters. The quantitative estimate of drug-likeness (QED) is 0.881. The first kappa shape index (κ1) is 15.0. The van der Waals surface area contributed by atoms with Gasteiger partial charge in [0.1, 0.15) is 0 Å². The summed E-state index contributed by atoms with van der Waals surface area (Å²) in [5.74, 6) is 0.0829. The van der Waals surface area contributed by atoms with Gasteiger partial charge in [0.05, 0.1) is 11.7 Å². The lowest BCUT2D eigenvalue weighted by atomic mass is 9.97. The molecule has 0 saturated heterocycles. The fraction of sp³-hybridized carbons (Fsp3) is 0.538. The van der Waals surface area contributed by atoms with Crippen LogP contribution < -0.4 is 0 Å². The van der Waals surface area contributed by atoms with Gasteiger partial charge in [-0.1, -0.05) is 19.1 Å². The Bertz CT molecular complexity index is 377. The maximum absolute atomic E-state index is 12.5. The minimum absolute atomic E-state index is 0.0829. The number of methoxy groups -OCH3 is 1. The molecule has 0 fully saturated rings. The van der Waals surface area contributed by atoms with Crippen molar-refractivity contribution in [2.45, 2.75) is 25.6 Å². The first-order chi connectivity index (χ1) is 8.34. The summed E-state index contributed by atoms with van der Waals surface area (Å²) in [6.07, 6.45) is -4.92. The maximum atomic E-state index is 12.5. The SMILES string of the molecule is COCC(C)CC(O)c1cccc(C(F)(F)F)c1. The summed E-state index contributed by atoms with van der Waals surface area (Å²) in [5.41, 5.74) is -0.453. The molecule has 0 aliphatic heterocycles. The summed E-state index contributed by atoms with van der Waals surface area (Å²) in [6, 6.07) is 4.79. The first-order valence-electron chi connectivity index (χ1n) is 5.68. The number of ether oxygens (including phenoxy) is 1. The van der Waals surface area contributed by atoms with Crippen LogP contribution in [0.2, 0.25) is 0 Å². The van der Waals surface area contributed by atoms with Gasteiger partial charge < -0.3 is 9.84 Å². The molecule has 0 aliphatic carbocycles. The van der Waals surface area contributed by atoms with Crippen LogP contribution in [0.3, 0.4) is 0 Å². The zero-order chi connectivity index (χ0) is 13.8. The molecule has 2 atom stereocenters. The summed E-state index contributed by atoms with van der Waals surface area (Å²) < 4.78 is 42.5. The lowest BCUT2D eigenvalue weighted by Gasteiger charge is -2.17. The topological polar surface area (TPSA) is 29.5 Å². The van der Waals surface area contributed by atoms with Gasteiger partial charge in [-0.15, -0.1) is 0 Å². The molecule has 0 saturated carbocycles. The highest BCUT2D eigenvalue weighted by molar-refractivity contribution is 5.27. The van der Waals surface area contributed by atoms with Crippen molar-refractivity contribution in [3.05, 3.63) is 35.4 Å². The van der Waals surface area contributed by atoms with Crippen LogP contribution >= 0.6 is 0 Å². The molecule has 0 aliphatic rings. The van der Waals surface area contributed by atoms with Gasteiger partial charge in [-0.05, 0) is 30.0 Å². The molecular formula is C13H17F3O2. The first-order valence-corrected chi connectivity index (χ1v) is 5.68. The van der Waals surface area contributed by atoms with Crippen LogP contribution in [0.4, 0.5) is 13.2 Å². The molecule has 0 aromatic heterocycles. The zero-order valence-electron chi connectivity index (χ0n) is 10.4. The molecule has 0 radical (unpaired) electrons. The second-order valence-electron chi connectivity index (χ2n) is 4.44. The van der Waals surface area contributed by atoms with Crippen molar-refractivity contribution >= 4 is 0 Å². The van der Waals surface area contributed by atoms with Crippen molar-refractivity contribution in [3.8, 4) is 0 Å². The molecular weight excluding hydrogens is 245 g/mol. The summed E-state index contributed by atoms with van der Waals surface area (Å²) in [5, 5.41) is 9.88. The molecule has 0 heterocycles. The van der Waals surface area contributed by atoms with Crippen molar-refractivity contribution in [3.63, 3.8) is 0 Å². The molecule has 1 rings (SSSR count). The Labute approximate surface area is 104 Å². The highest BCUT2D eigenvalue weighted by Gasteiger charge is 2.30. The Kier molecular flexibility index (Phi) is 5.16. The minimum Gasteiger partial charge on any atom is -0.388 e. The number of hydrogen-bond acceptors (Lipinski definition) is 2. The fourth-order valence-corrected chi connectivity index (χ4v) is 1.79. The summed E-state index contributed by atoms with van der Waals surface area (Å²) >= 11 is 0. The van der Waals surface area contributed by atoms with Gasteiger partial charge in [0.2, 0.25) is 0 Å². The molecule has 1 N–H and O–H groups in total. The molecule has 1 aromatic rings. The van der Waals surface area contributed by atoms with Gasteiger partial charge in [-0.2, -0.15) is 13.2 Å². The average molecular weight is 262 g/mol. The number of aliphatic hydroxyl groups is 1. The second-order valence-corrected chi connectivity index (χ2v) is 4.44. The number of hydrogen-bond donors (Lipinski definition) is 1. The Morgan fingerprint density at radius 2 is 2.00 bits per heavy atom. The van der Waals surface area contributed by atoms with Gasteiger partial charge in [0.25, 0.3) is 0 Å². The number of aliphatic hydroxyl groups excluding tert-OH is 1. The van der Waals surface area contributed by atoms with Gasteiger partial charge in [0, 0.05) is 13.7 Å². The number of alkyl halides is 3. The van der Waals surface area contributed by atoms with Crippen molar-refractivity contribution in [2.75, 3.05) is 13.7 Å². The van der Waals surface area contributed by atoms with Crippen molar-refractivity contribution in [1.82, 2.24) is 0 Å². The van der Waals surface area contributed by atoms with Gasteiger partial charge in [-0.25, -0.2) is 0 Å². The van der Waals surface area contributed by atoms with Crippen molar-refractivity contribution < 1.29 is 23.0 Å². The lowest BCUT2D eigenvalue weighted by molar-refractivity contribution is -0.137. The predicted molar refractivity (Wildman–Crippen MR) is 62.1 cm³/mol. The fourth-order valence-electron chi connectivity index (χ4n) is 1.79. The Morgan fingerprint density at radius 3 is 2.56 bits per heavy atom. The monoisotopic (exact) mass is 262 g/mol. The van der Waals surface area contributed by atoms with E-state index < -0.39 is 17.8 Å². The average Bonchev–Trinajstić information content (AvgIpc) is 2.28. The maximum Gasteiger partial charge on any atom is 0.416 e. The Morgan fingerprint density at radius 1 is 1.33 bits per heavy atom. The van der Waals surface area contributed by atoms with Crippen LogP contribution in [0.15, 0.2) is 24.3 Å². The Balaban J connectivity index is 2.77. The van der Waals surface area contributed by atoms with E-state index in [2.05, 4.69) is 0 Å². The third kappa shape index (κ3) is 4.31. The van der Waals surface area contributed by atoms with Gasteiger partial charge in [-0.3, -0.25) is 0 Å². The number of benzene rings is 1. The third-order valence-electron chi connectivity index (χ3n) is 2.68. The molecule has 5 heteroatoms. The standard InChI is InChI=1S/C13H17F3O2/c1-9(8-18-2)6-12(17)10-4-3-5-11(7-10)13(14,15)16/h3-5,7,9,12,17H,6,8H2,1-2H3. The molecule has 0 amide bonds. The zero-order valence-corrected chi connectivity index (χ0v) is 10.4. The summed E-state index contributed by atoms with van der Waals surface area (Å²) in [4.78, 5) is 0. The van der Waals surface area contributed by atoms with E-state index >= 15 is 0 Å². The van der Waals surface area contributed by atoms with Crippen LogP contribution in [-0.2, 0) is 10.9 Å². The number of rotatable bonds is 5. The largest absolute Gasteiger partial charge is 0.416 e. The highest BCUT2D eigenvalue weighted by Crippen LogP contribution is 2.31. The molecule has 0 spiro atoms. The van der Waals surface area contributed by atoms with E-state index in [-0.39, 0.29) is 11.5 Å². The van der Waals surface area contributed by atoms with Crippen LogP contribution in [0.5, 0.6) is 0 Å². The van der Waals surface area contributed by atoms with Crippen molar-refractivity contribution in [2.24, 2.45) is 5.92 Å². The van der Waals surface area contributed by atoms with Crippen molar-refractivity contribution in [1.29, 1.82) is 0 Å². The van der Waals surface area contributed by atoms with Gasteiger partial charge >= 0.3 is 6.18 Å². The van der Waals surface area contributed by atoms with E-state index in [0.29, 0.717) is 13.0 Å². The Hall–Kier alpha value is -1.07. The third-order valence-corrected chi connectivity index (χ3v) is 2.68. The second kappa shape index (κ2) is 6.20. The van der Waals surface area contributed by atoms with Gasteiger partial charge in [0.15, 0.2) is 0 Å². The van der Waals surface area contributed by atoms with E-state index in [4.69, 9.17) is 4.74 Å². The molecule has 1 aromatic carbocycles. The summed E-state index contributed by atoms with van der Waals surface area (Å²) in [7, 11) is 1.55. The summed E-state index contributed by atoms with van der Waals surface area (Å²) in [6.45, 7) is 2.34. The van der Waals surface area contributed by atoms with E-state index in [1.807, 2.05) is 6.92 Å². The van der Waals surface area contributed by atoms with E-state index in [0.717, 1.165) is 12.1 Å². The van der Waals surface area contributed by atoms with Crippen LogP contribution in [-0.4, -0.2) is 18.8 Å². The van der Waals surface area contributed by atoms with E-state index in [1.165, 1.54) is 12.1 Å². The smallest absolute Gasteiger partial charge is 0.388 e. The van der Waals surface area contributed by atoms with E-state index in [9.17, 15) is 18.3 Å². The number of halogens is 3. The van der Waals surface area contributed by atoms with Crippen LogP contribution in [0, 0.1) is 5.92 Å². The minimum atomic E-state index is -4.38.